The van der Waals surface area contributed by atoms with Crippen molar-refractivity contribution in [2.24, 2.45) is 0 Å². The lowest BCUT2D eigenvalue weighted by Gasteiger charge is -2.34. The molecule has 3 aliphatic rings. The number of benzene rings is 2. The van der Waals surface area contributed by atoms with E-state index in [9.17, 15) is 14.4 Å². The van der Waals surface area contributed by atoms with Crippen molar-refractivity contribution in [3.05, 3.63) is 84.1 Å². The molecule has 3 aromatic heterocycles. The van der Waals surface area contributed by atoms with E-state index in [0.717, 1.165) is 29.7 Å². The number of aryl methyl sites for hydroxylation is 1. The van der Waals surface area contributed by atoms with Crippen LogP contribution < -0.4 is 15.5 Å². The molecule has 6 heterocycles. The lowest BCUT2D eigenvalue weighted by molar-refractivity contribution is -0.117. The first-order valence-electron chi connectivity index (χ1n) is 18.1. The molecule has 2 aromatic carbocycles. The van der Waals surface area contributed by atoms with E-state index < -0.39 is 0 Å². The normalized spacial score (nSPS) is 17.9. The fraction of sp³-hybridized carbons (Fsp3) is 0.359. The van der Waals surface area contributed by atoms with Crippen LogP contribution >= 0.6 is 0 Å². The number of morpholine rings is 1. The second-order valence-electron chi connectivity index (χ2n) is 13.9. The second-order valence-corrected chi connectivity index (χ2v) is 13.9. The number of ketones is 1. The molecule has 0 radical (unpaired) electrons. The number of nitrogens with two attached hydrogens (primary N) is 1. The molecular formula is C39H42N10O4. The van der Waals surface area contributed by atoms with Crippen molar-refractivity contribution < 1.29 is 19.1 Å². The van der Waals surface area contributed by atoms with E-state index in [1.807, 2.05) is 51.9 Å². The summed E-state index contributed by atoms with van der Waals surface area (Å²) in [5, 5.41) is 0. The molecule has 1 atom stereocenters. The predicted molar refractivity (Wildman–Crippen MR) is 201 cm³/mol. The van der Waals surface area contributed by atoms with Crippen molar-refractivity contribution in [1.82, 2.24) is 34.1 Å². The Balaban J connectivity index is 0.914. The molecule has 14 heteroatoms. The average Bonchev–Trinajstić information content (AvgIpc) is 3.62. The largest absolute Gasteiger partial charge is 0.378 e. The molecule has 2 N–H and O–H groups in total. The molecule has 0 bridgehead atoms. The summed E-state index contributed by atoms with van der Waals surface area (Å²) in [5.74, 6) is 0.784. The molecule has 53 heavy (non-hydrogen) atoms. The maximum Gasteiger partial charge on any atom is 0.274 e. The Hall–Kier alpha value is -5.73. The van der Waals surface area contributed by atoms with Gasteiger partial charge in [0.05, 0.1) is 25.5 Å². The minimum absolute atomic E-state index is 0.0404. The van der Waals surface area contributed by atoms with Crippen LogP contribution in [0.1, 0.15) is 46.7 Å². The lowest BCUT2D eigenvalue weighted by Crippen LogP contribution is -2.50. The zero-order chi connectivity index (χ0) is 36.6. The van der Waals surface area contributed by atoms with E-state index in [1.165, 1.54) is 5.56 Å². The van der Waals surface area contributed by atoms with Crippen molar-refractivity contribution in [3.8, 4) is 22.4 Å². The van der Waals surface area contributed by atoms with Crippen LogP contribution in [0.25, 0.3) is 28.0 Å². The highest BCUT2D eigenvalue weighted by Crippen LogP contribution is 2.34. The zero-order valence-electron chi connectivity index (χ0n) is 29.9. The summed E-state index contributed by atoms with van der Waals surface area (Å²) < 4.78 is 7.40. The number of rotatable bonds is 7. The molecule has 2 amide bonds. The van der Waals surface area contributed by atoms with E-state index in [2.05, 4.69) is 32.8 Å². The molecule has 1 unspecified atom stereocenters. The Bertz CT molecular complexity index is 2170. The van der Waals surface area contributed by atoms with Gasteiger partial charge in [0.2, 0.25) is 11.9 Å². The molecule has 8 rings (SSSR count). The van der Waals surface area contributed by atoms with E-state index in [4.69, 9.17) is 20.4 Å². The highest BCUT2D eigenvalue weighted by Gasteiger charge is 2.28. The van der Waals surface area contributed by atoms with Gasteiger partial charge in [-0.05, 0) is 48.6 Å². The van der Waals surface area contributed by atoms with Gasteiger partial charge in [0, 0.05) is 93.8 Å². The predicted octanol–water partition coefficient (Wildman–Crippen LogP) is 3.60. The molecule has 2 saturated heterocycles. The number of anilines is 3. The van der Waals surface area contributed by atoms with E-state index >= 15 is 0 Å². The second kappa shape index (κ2) is 14.4. The smallest absolute Gasteiger partial charge is 0.274 e. The maximum absolute atomic E-state index is 13.7. The molecule has 0 saturated carbocycles. The summed E-state index contributed by atoms with van der Waals surface area (Å²) >= 11 is 0. The van der Waals surface area contributed by atoms with Crippen molar-refractivity contribution in [2.45, 2.75) is 32.7 Å². The average molecular weight is 715 g/mol. The molecule has 14 nitrogen and oxygen atoms in total. The van der Waals surface area contributed by atoms with Crippen LogP contribution in [0.5, 0.6) is 0 Å². The van der Waals surface area contributed by atoms with Crippen LogP contribution in [0.2, 0.25) is 0 Å². The van der Waals surface area contributed by atoms with Crippen molar-refractivity contribution in [1.29, 1.82) is 0 Å². The molecule has 2 fully saturated rings. The monoisotopic (exact) mass is 714 g/mol. The number of fused-ring (bicyclic) bond motifs is 2. The number of hydrogen-bond donors (Lipinski definition) is 1. The number of aromatic nitrogens is 5. The van der Waals surface area contributed by atoms with Crippen LogP contribution in [0.15, 0.2) is 67.3 Å². The topological polar surface area (TPSA) is 155 Å². The summed E-state index contributed by atoms with van der Waals surface area (Å²) in [6.45, 7) is 8.57. The molecular weight excluding hydrogens is 672 g/mol. The summed E-state index contributed by atoms with van der Waals surface area (Å²) in [4.78, 5) is 65.2. The number of piperazine rings is 1. The maximum atomic E-state index is 13.7. The third-order valence-electron chi connectivity index (χ3n) is 10.4. The Morgan fingerprint density at radius 2 is 1.58 bits per heavy atom. The number of imidazole rings is 1. The van der Waals surface area contributed by atoms with Gasteiger partial charge in [0.15, 0.2) is 17.2 Å². The number of amides is 2. The number of nitrogens with zero attached hydrogens (tertiary/aromatic N) is 9. The van der Waals surface area contributed by atoms with Crippen LogP contribution in [0.3, 0.4) is 0 Å². The van der Waals surface area contributed by atoms with E-state index in [1.54, 1.807) is 30.4 Å². The highest BCUT2D eigenvalue weighted by atomic mass is 16.5. The van der Waals surface area contributed by atoms with Gasteiger partial charge in [0.25, 0.3) is 5.91 Å². The Labute approximate surface area is 307 Å². The van der Waals surface area contributed by atoms with Gasteiger partial charge in [0.1, 0.15) is 5.69 Å². The Morgan fingerprint density at radius 3 is 2.30 bits per heavy atom. The standard InChI is InChI=1S/C39H42N10O4/c1-25-3-4-30-19-29(9-10-34(30)49(25)26(2)50)27-5-7-28(8-6-27)35(51)24-45-11-13-47(14-12-45)38(52)33-23-48-22-32(31-20-41-39(40)42-21-31)43-36(37(48)44-33)46-15-17-53-18-16-46/h5-10,19-23,25H,3-4,11-18,24H2,1-2H3,(H2,40,41,42). The van der Waals surface area contributed by atoms with E-state index in [-0.39, 0.29) is 36.1 Å². The van der Waals surface area contributed by atoms with Crippen LogP contribution in [-0.2, 0) is 16.0 Å². The third kappa shape index (κ3) is 6.94. The molecule has 272 valence electrons. The minimum atomic E-state index is -0.161. The molecule has 0 spiro atoms. The number of carbonyl (C=O) groups is 3. The van der Waals surface area contributed by atoms with Gasteiger partial charge in [-0.3, -0.25) is 19.3 Å². The van der Waals surface area contributed by atoms with Crippen molar-refractivity contribution in [3.63, 3.8) is 0 Å². The van der Waals surface area contributed by atoms with Crippen molar-refractivity contribution in [2.75, 3.05) is 74.6 Å². The van der Waals surface area contributed by atoms with Gasteiger partial charge in [-0.15, -0.1) is 0 Å². The third-order valence-corrected chi connectivity index (χ3v) is 10.4. The van der Waals surface area contributed by atoms with Crippen LogP contribution in [0.4, 0.5) is 17.5 Å². The quantitative estimate of drug-likeness (QED) is 0.246. The SMILES string of the molecule is CC(=O)N1c2ccc(-c3ccc(C(=O)CN4CCN(C(=O)c5cn6cc(-c7cnc(N)nc7)nc(N7CCOCC7)c6n5)CC4)cc3)cc2CCC1C. The van der Waals surface area contributed by atoms with Gasteiger partial charge < -0.3 is 29.6 Å². The summed E-state index contributed by atoms with van der Waals surface area (Å²) in [6.07, 6.45) is 8.69. The molecule has 3 aliphatic heterocycles. The Kier molecular flexibility index (Phi) is 9.31. The van der Waals surface area contributed by atoms with Gasteiger partial charge >= 0.3 is 0 Å². The summed E-state index contributed by atoms with van der Waals surface area (Å²) in [5.41, 5.74) is 12.9. The first kappa shape index (κ1) is 34.4. The van der Waals surface area contributed by atoms with Crippen molar-refractivity contribution >= 4 is 40.7 Å². The number of nitrogen functional groups attached to an aromatic ring is 1. The fourth-order valence-corrected chi connectivity index (χ4v) is 7.51. The summed E-state index contributed by atoms with van der Waals surface area (Å²) in [7, 11) is 0. The zero-order valence-corrected chi connectivity index (χ0v) is 29.9. The fourth-order valence-electron chi connectivity index (χ4n) is 7.51. The lowest BCUT2D eigenvalue weighted by atomic mass is 9.92. The first-order chi connectivity index (χ1) is 25.7. The minimum Gasteiger partial charge on any atom is -0.378 e. The number of Topliss-reactive ketones (excluding diaryl/α,β-unsaturated/α-hetero) is 1. The Morgan fingerprint density at radius 1 is 0.868 bits per heavy atom. The molecule has 5 aromatic rings. The summed E-state index contributed by atoms with van der Waals surface area (Å²) in [6, 6.07) is 14.2. The van der Waals surface area contributed by atoms with Gasteiger partial charge in [-0.25, -0.2) is 19.9 Å². The van der Waals surface area contributed by atoms with E-state index in [0.29, 0.717) is 86.5 Å². The molecule has 0 aliphatic carbocycles. The van der Waals surface area contributed by atoms with Gasteiger partial charge in [-0.2, -0.15) is 0 Å². The van der Waals surface area contributed by atoms with Crippen LogP contribution in [-0.4, -0.2) is 117 Å². The number of ether oxygens (including phenoxy) is 1. The van der Waals surface area contributed by atoms with Gasteiger partial charge in [-0.1, -0.05) is 30.3 Å². The first-order valence-corrected chi connectivity index (χ1v) is 18.1. The number of hydrogen-bond acceptors (Lipinski definition) is 11. The number of carbonyl (C=O) groups excluding carboxylic acids is 3. The van der Waals surface area contributed by atoms with Crippen LogP contribution in [0, 0.1) is 0 Å². The highest BCUT2D eigenvalue weighted by molar-refractivity contribution is 5.98.